The molecule has 30 heavy (non-hydrogen) atoms. The largest absolute Gasteiger partial charge is 0.449 e. The summed E-state index contributed by atoms with van der Waals surface area (Å²) in [6.45, 7) is 4.45. The Balaban J connectivity index is 3.15. The van der Waals surface area contributed by atoms with Crippen LogP contribution in [0.25, 0.3) is 0 Å². The molecule has 1 heterocycles. The van der Waals surface area contributed by atoms with E-state index in [1.165, 1.54) is 11.9 Å². The molecule has 0 aromatic rings. The van der Waals surface area contributed by atoms with Gasteiger partial charge in [-0.1, -0.05) is 13.8 Å². The van der Waals surface area contributed by atoms with E-state index in [9.17, 15) is 24.4 Å². The van der Waals surface area contributed by atoms with Crippen LogP contribution in [0.2, 0.25) is 0 Å². The van der Waals surface area contributed by atoms with Gasteiger partial charge in [0.05, 0.1) is 12.5 Å². The molecule has 1 aliphatic heterocycles. The number of hydrogen-bond donors (Lipinski definition) is 4. The average Bonchev–Trinajstić information content (AvgIpc) is 2.72. The summed E-state index contributed by atoms with van der Waals surface area (Å²) in [5.41, 5.74) is 1.65. The molecule has 0 spiro atoms. The van der Waals surface area contributed by atoms with Gasteiger partial charge < -0.3 is 20.3 Å². The molecule has 0 aromatic heterocycles. The molecule has 0 unspecified atom stereocenters. The zero-order valence-corrected chi connectivity index (χ0v) is 18.4. The van der Waals surface area contributed by atoms with Gasteiger partial charge in [-0.2, -0.15) is 0 Å². The summed E-state index contributed by atoms with van der Waals surface area (Å²) in [4.78, 5) is 51.3. The van der Waals surface area contributed by atoms with Crippen LogP contribution in [0, 0.1) is 17.8 Å². The lowest BCUT2D eigenvalue weighted by atomic mass is 9.81. The first-order valence-electron chi connectivity index (χ1n) is 10.5. The predicted molar refractivity (Wildman–Crippen MR) is 109 cm³/mol. The third kappa shape index (κ3) is 8.17. The highest BCUT2D eigenvalue weighted by Crippen LogP contribution is 2.26. The van der Waals surface area contributed by atoms with Crippen LogP contribution >= 0.6 is 0 Å². The molecule has 4 N–H and O–H groups in total. The molecule has 0 bridgehead atoms. The first kappa shape index (κ1) is 25.7. The van der Waals surface area contributed by atoms with Crippen LogP contribution in [0.3, 0.4) is 0 Å². The fourth-order valence-corrected chi connectivity index (χ4v) is 3.64. The second-order valence-corrected chi connectivity index (χ2v) is 8.17. The van der Waals surface area contributed by atoms with Crippen LogP contribution in [0.4, 0.5) is 4.79 Å². The summed E-state index contributed by atoms with van der Waals surface area (Å²) in [6.07, 6.45) is 2.23. The summed E-state index contributed by atoms with van der Waals surface area (Å²) in [6, 6.07) is -0.739. The van der Waals surface area contributed by atoms with Crippen molar-refractivity contribution in [1.29, 1.82) is 0 Å². The number of hydroxylamine groups is 1. The molecular formula is C20H36N4O6. The number of hydrogen-bond acceptors (Lipinski definition) is 6. The Morgan fingerprint density at radius 2 is 1.90 bits per heavy atom. The Kier molecular flexibility index (Phi) is 11.2. The molecule has 172 valence electrons. The van der Waals surface area contributed by atoms with Crippen LogP contribution in [-0.4, -0.2) is 67.2 Å². The lowest BCUT2D eigenvalue weighted by Gasteiger charge is -2.28. The second kappa shape index (κ2) is 13.0. The Morgan fingerprint density at radius 1 is 1.20 bits per heavy atom. The van der Waals surface area contributed by atoms with Gasteiger partial charge in [-0.3, -0.25) is 19.6 Å². The number of nitrogens with one attached hydrogen (secondary N) is 3. The third-order valence-electron chi connectivity index (χ3n) is 5.31. The fraction of sp³-hybridized carbons (Fsp3) is 0.800. The van der Waals surface area contributed by atoms with E-state index in [0.717, 1.165) is 0 Å². The monoisotopic (exact) mass is 428 g/mol. The summed E-state index contributed by atoms with van der Waals surface area (Å²) >= 11 is 0. The number of ether oxygens (including phenoxy) is 1. The number of rotatable bonds is 4. The normalized spacial score (nSPS) is 24.9. The molecule has 0 aromatic carbocycles. The maximum absolute atomic E-state index is 13.1. The van der Waals surface area contributed by atoms with Crippen molar-refractivity contribution in [2.75, 3.05) is 27.2 Å². The molecule has 10 nitrogen and oxygen atoms in total. The van der Waals surface area contributed by atoms with Gasteiger partial charge in [-0.25, -0.2) is 10.3 Å². The average molecular weight is 429 g/mol. The topological polar surface area (TPSA) is 137 Å². The van der Waals surface area contributed by atoms with Crippen molar-refractivity contribution in [1.82, 2.24) is 21.0 Å². The maximum atomic E-state index is 13.1. The van der Waals surface area contributed by atoms with Gasteiger partial charge >= 0.3 is 6.09 Å². The molecule has 1 fully saturated rings. The Bertz CT molecular complexity index is 598. The summed E-state index contributed by atoms with van der Waals surface area (Å²) in [5, 5.41) is 14.6. The van der Waals surface area contributed by atoms with Gasteiger partial charge in [0.1, 0.15) is 6.04 Å². The Hall–Kier alpha value is -2.36. The van der Waals surface area contributed by atoms with Crippen LogP contribution in [0.5, 0.6) is 0 Å². The van der Waals surface area contributed by atoms with Gasteiger partial charge in [0.25, 0.3) is 0 Å². The first-order valence-corrected chi connectivity index (χ1v) is 10.5. The molecule has 1 rings (SSSR count). The highest BCUT2D eigenvalue weighted by molar-refractivity contribution is 5.91. The van der Waals surface area contributed by atoms with Crippen molar-refractivity contribution in [3.63, 3.8) is 0 Å². The van der Waals surface area contributed by atoms with E-state index >= 15 is 0 Å². The quantitative estimate of drug-likeness (QED) is 0.390. The lowest BCUT2D eigenvalue weighted by molar-refractivity contribution is -0.142. The molecule has 3 atom stereocenters. The van der Waals surface area contributed by atoms with E-state index in [2.05, 4.69) is 10.6 Å². The zero-order chi connectivity index (χ0) is 22.7. The van der Waals surface area contributed by atoms with Gasteiger partial charge in [-0.05, 0) is 44.4 Å². The number of amides is 4. The summed E-state index contributed by atoms with van der Waals surface area (Å²) in [7, 11) is 3.14. The molecule has 0 saturated carbocycles. The second-order valence-electron chi connectivity index (χ2n) is 8.17. The predicted octanol–water partition coefficient (Wildman–Crippen LogP) is 1.03. The first-order chi connectivity index (χ1) is 14.2. The van der Waals surface area contributed by atoms with Crippen molar-refractivity contribution < 1.29 is 29.1 Å². The molecule has 1 aliphatic rings. The van der Waals surface area contributed by atoms with E-state index in [1.807, 2.05) is 13.8 Å². The van der Waals surface area contributed by atoms with Gasteiger partial charge in [0.15, 0.2) is 0 Å². The van der Waals surface area contributed by atoms with Crippen LogP contribution < -0.4 is 16.1 Å². The van der Waals surface area contributed by atoms with Crippen molar-refractivity contribution in [2.24, 2.45) is 17.8 Å². The number of carbonyl (C=O) groups excluding carboxylic acids is 4. The van der Waals surface area contributed by atoms with Crippen molar-refractivity contribution in [3.8, 4) is 0 Å². The minimum absolute atomic E-state index is 0.106. The molecule has 0 radical (unpaired) electrons. The smallest absolute Gasteiger partial charge is 0.409 e. The van der Waals surface area contributed by atoms with Gasteiger partial charge in [0.2, 0.25) is 17.7 Å². The highest BCUT2D eigenvalue weighted by Gasteiger charge is 2.35. The van der Waals surface area contributed by atoms with E-state index < -0.39 is 35.8 Å². The summed E-state index contributed by atoms with van der Waals surface area (Å²) < 4.78 is 5.24. The van der Waals surface area contributed by atoms with E-state index in [1.54, 1.807) is 12.5 Å². The number of likely N-dealkylation sites (N-methyl/N-ethyl adjacent to an activating group) is 1. The van der Waals surface area contributed by atoms with Crippen LogP contribution in [-0.2, 0) is 19.1 Å². The number of cyclic esters (lactones) is 1. The Morgan fingerprint density at radius 3 is 2.50 bits per heavy atom. The molecule has 4 amide bonds. The van der Waals surface area contributed by atoms with E-state index in [-0.39, 0.29) is 24.9 Å². The maximum Gasteiger partial charge on any atom is 0.409 e. The van der Waals surface area contributed by atoms with Crippen LogP contribution in [0.1, 0.15) is 52.4 Å². The standard InChI is InChI=1S/C20H36N4O6/c1-13(2)12-15-14(18(26)23-29)8-7-11-30-20(28)24(4)10-6-5-9-16(19(27)21-3)22-17(15)25/h13-16,29H,5-12H2,1-4H3,(H,21,27)(H,22,25)(H,23,26)/t14-,15+,16-/m0/s1. The fourth-order valence-electron chi connectivity index (χ4n) is 3.64. The number of carbonyl (C=O) groups is 4. The minimum Gasteiger partial charge on any atom is -0.449 e. The van der Waals surface area contributed by atoms with Crippen LogP contribution in [0.15, 0.2) is 0 Å². The minimum atomic E-state index is -0.815. The third-order valence-corrected chi connectivity index (χ3v) is 5.31. The van der Waals surface area contributed by atoms with Gasteiger partial charge in [0, 0.05) is 26.6 Å². The van der Waals surface area contributed by atoms with Crippen molar-refractivity contribution >= 4 is 23.8 Å². The van der Waals surface area contributed by atoms with Crippen molar-refractivity contribution in [3.05, 3.63) is 0 Å². The lowest BCUT2D eigenvalue weighted by Crippen LogP contribution is -2.50. The zero-order valence-electron chi connectivity index (χ0n) is 18.4. The summed E-state index contributed by atoms with van der Waals surface area (Å²) in [5.74, 6) is -2.80. The molecule has 10 heteroatoms. The SMILES string of the molecule is CNC(=O)[C@@H]1CCCCN(C)C(=O)OCCC[C@H](C(=O)NO)[C@@H](CC(C)C)C(=O)N1. The van der Waals surface area contributed by atoms with Crippen molar-refractivity contribution in [2.45, 2.75) is 58.4 Å². The van der Waals surface area contributed by atoms with E-state index in [4.69, 9.17) is 4.74 Å². The molecule has 1 saturated heterocycles. The molecular weight excluding hydrogens is 392 g/mol. The van der Waals surface area contributed by atoms with Gasteiger partial charge in [-0.15, -0.1) is 0 Å². The highest BCUT2D eigenvalue weighted by atomic mass is 16.6. The van der Waals surface area contributed by atoms with E-state index in [0.29, 0.717) is 38.6 Å². The number of nitrogens with zero attached hydrogens (tertiary/aromatic N) is 1. The Labute approximate surface area is 178 Å². The molecule has 0 aliphatic carbocycles.